The summed E-state index contributed by atoms with van der Waals surface area (Å²) in [4.78, 5) is 14.8. The van der Waals surface area contributed by atoms with Crippen molar-refractivity contribution in [2.75, 3.05) is 39.3 Å². The Hall–Kier alpha value is -1.09. The average molecular weight is 418 g/mol. The third-order valence-corrected chi connectivity index (χ3v) is 8.22. The van der Waals surface area contributed by atoms with Crippen molar-refractivity contribution in [2.24, 2.45) is 5.41 Å². The summed E-state index contributed by atoms with van der Waals surface area (Å²) in [6, 6.07) is 1.42. The third-order valence-electron chi connectivity index (χ3n) is 6.21. The average Bonchev–Trinajstić information content (AvgIpc) is 3.36. The number of nitrogens with zero attached hydrogens (tertiary/aromatic N) is 2. The lowest BCUT2D eigenvalue weighted by atomic mass is 9.78. The molecule has 0 saturated carbocycles. The number of carbonyl (C=O) groups excluding carboxylic acids is 1. The Bertz CT molecular complexity index is 786. The predicted molar refractivity (Wildman–Crippen MR) is 104 cm³/mol. The molecule has 3 aliphatic rings. The van der Waals surface area contributed by atoms with Gasteiger partial charge >= 0.3 is 0 Å². The summed E-state index contributed by atoms with van der Waals surface area (Å²) in [5.41, 5.74) is 0.333. The van der Waals surface area contributed by atoms with Crippen molar-refractivity contribution in [3.05, 3.63) is 17.6 Å². The number of sulfonamides is 1. The van der Waals surface area contributed by atoms with Gasteiger partial charge in [0, 0.05) is 38.8 Å². The van der Waals surface area contributed by atoms with E-state index >= 15 is 0 Å². The van der Waals surface area contributed by atoms with E-state index in [4.69, 9.17) is 4.42 Å². The van der Waals surface area contributed by atoms with Gasteiger partial charge < -0.3 is 14.6 Å². The number of hydrogen-bond donors (Lipinski definition) is 1. The first-order valence-corrected chi connectivity index (χ1v) is 11.0. The molecule has 1 amide bonds. The van der Waals surface area contributed by atoms with Crippen LogP contribution >= 0.6 is 12.4 Å². The zero-order valence-electron chi connectivity index (χ0n) is 15.7. The van der Waals surface area contributed by atoms with E-state index in [2.05, 4.69) is 5.32 Å². The molecule has 1 aromatic heterocycles. The van der Waals surface area contributed by atoms with Crippen molar-refractivity contribution in [1.82, 2.24) is 14.5 Å². The number of nitrogens with one attached hydrogen (secondary N) is 1. The second-order valence-electron chi connectivity index (χ2n) is 7.86. The molecule has 7 nitrogen and oxygen atoms in total. The Morgan fingerprint density at radius 3 is 2.41 bits per heavy atom. The summed E-state index contributed by atoms with van der Waals surface area (Å²) in [6.45, 7) is 6.20. The highest BCUT2D eigenvalue weighted by Gasteiger charge is 2.39. The van der Waals surface area contributed by atoms with Crippen LogP contribution in [-0.4, -0.2) is 62.8 Å². The lowest BCUT2D eigenvalue weighted by Crippen LogP contribution is -2.43. The molecule has 4 heterocycles. The monoisotopic (exact) mass is 417 g/mol. The van der Waals surface area contributed by atoms with Gasteiger partial charge in [-0.1, -0.05) is 0 Å². The van der Waals surface area contributed by atoms with Crippen LogP contribution in [0.25, 0.3) is 0 Å². The van der Waals surface area contributed by atoms with Crippen LogP contribution in [0.4, 0.5) is 0 Å². The van der Waals surface area contributed by atoms with Crippen LogP contribution in [0.15, 0.2) is 15.4 Å². The van der Waals surface area contributed by atoms with E-state index < -0.39 is 10.0 Å². The van der Waals surface area contributed by atoms with Crippen molar-refractivity contribution < 1.29 is 17.6 Å². The van der Waals surface area contributed by atoms with E-state index in [1.165, 1.54) is 16.8 Å². The van der Waals surface area contributed by atoms with Gasteiger partial charge in [-0.3, -0.25) is 4.79 Å². The van der Waals surface area contributed by atoms with E-state index in [-0.39, 0.29) is 29.0 Å². The molecule has 0 atom stereocenters. The normalized spacial score (nSPS) is 22.9. The predicted octanol–water partition coefficient (Wildman–Crippen LogP) is 2.01. The molecule has 3 saturated heterocycles. The molecule has 0 aliphatic carbocycles. The molecule has 0 unspecified atom stereocenters. The second kappa shape index (κ2) is 7.73. The standard InChI is InChI=1S/C18H27N3O4S.ClH/c1-14-16(26(23,24)21-8-2-3-9-21)12-15(25-14)17(22)20-10-5-18(6-11-20)4-7-19-13-18;/h12,19H,2-11,13H2,1H3;1H. The number of carbonyl (C=O) groups is 1. The summed E-state index contributed by atoms with van der Waals surface area (Å²) >= 11 is 0. The Morgan fingerprint density at radius 1 is 1.15 bits per heavy atom. The Kier molecular flexibility index (Phi) is 5.91. The maximum atomic E-state index is 12.8. The first-order valence-electron chi connectivity index (χ1n) is 9.52. The number of amides is 1. The van der Waals surface area contributed by atoms with Crippen LogP contribution in [0.1, 0.15) is 48.4 Å². The molecular formula is C18H28ClN3O4S. The fourth-order valence-electron chi connectivity index (χ4n) is 4.46. The van der Waals surface area contributed by atoms with Gasteiger partial charge in [-0.25, -0.2) is 8.42 Å². The van der Waals surface area contributed by atoms with Crippen molar-refractivity contribution >= 4 is 28.3 Å². The van der Waals surface area contributed by atoms with Gasteiger partial charge in [-0.05, 0) is 51.0 Å². The first kappa shape index (κ1) is 20.6. The molecule has 0 bridgehead atoms. The number of likely N-dealkylation sites (tertiary alicyclic amines) is 1. The Balaban J connectivity index is 0.00000210. The topological polar surface area (TPSA) is 82.9 Å². The smallest absolute Gasteiger partial charge is 0.289 e. The van der Waals surface area contributed by atoms with Crippen LogP contribution in [0.2, 0.25) is 0 Å². The maximum Gasteiger partial charge on any atom is 0.289 e. The van der Waals surface area contributed by atoms with Gasteiger partial charge in [0.15, 0.2) is 5.76 Å². The van der Waals surface area contributed by atoms with E-state index in [1.807, 2.05) is 0 Å². The lowest BCUT2D eigenvalue weighted by Gasteiger charge is -2.38. The van der Waals surface area contributed by atoms with Crippen molar-refractivity contribution in [3.8, 4) is 0 Å². The summed E-state index contributed by atoms with van der Waals surface area (Å²) in [7, 11) is -3.57. The van der Waals surface area contributed by atoms with Crippen LogP contribution in [0.5, 0.6) is 0 Å². The van der Waals surface area contributed by atoms with Crippen molar-refractivity contribution in [3.63, 3.8) is 0 Å². The van der Waals surface area contributed by atoms with Gasteiger partial charge in [0.25, 0.3) is 5.91 Å². The number of rotatable bonds is 3. The first-order chi connectivity index (χ1) is 12.4. The molecule has 152 valence electrons. The van der Waals surface area contributed by atoms with Gasteiger partial charge in [0.05, 0.1) is 0 Å². The summed E-state index contributed by atoms with van der Waals surface area (Å²) in [5.74, 6) is 0.242. The number of aryl methyl sites for hydroxylation is 1. The van der Waals surface area contributed by atoms with Crippen LogP contribution in [-0.2, 0) is 10.0 Å². The van der Waals surface area contributed by atoms with Crippen molar-refractivity contribution in [1.29, 1.82) is 0 Å². The van der Waals surface area contributed by atoms with Crippen molar-refractivity contribution in [2.45, 2.75) is 43.9 Å². The van der Waals surface area contributed by atoms with E-state index in [0.717, 1.165) is 38.8 Å². The summed E-state index contributed by atoms with van der Waals surface area (Å²) < 4.78 is 32.6. The van der Waals surface area contributed by atoms with Crippen LogP contribution in [0.3, 0.4) is 0 Å². The summed E-state index contributed by atoms with van der Waals surface area (Å²) in [5, 5.41) is 3.42. The minimum atomic E-state index is -3.57. The number of furan rings is 1. The molecule has 3 aliphatic heterocycles. The quantitative estimate of drug-likeness (QED) is 0.813. The summed E-state index contributed by atoms with van der Waals surface area (Å²) in [6.07, 6.45) is 4.92. The second-order valence-corrected chi connectivity index (χ2v) is 9.77. The van der Waals surface area contributed by atoms with E-state index in [0.29, 0.717) is 37.4 Å². The molecule has 1 N–H and O–H groups in total. The molecule has 4 rings (SSSR count). The van der Waals surface area contributed by atoms with E-state index in [1.54, 1.807) is 11.8 Å². The molecule has 1 spiro atoms. The third kappa shape index (κ3) is 3.77. The fourth-order valence-corrected chi connectivity index (χ4v) is 6.13. The molecule has 0 radical (unpaired) electrons. The van der Waals surface area contributed by atoms with Gasteiger partial charge in [0.2, 0.25) is 10.0 Å². The molecule has 0 aromatic carbocycles. The lowest BCUT2D eigenvalue weighted by molar-refractivity contribution is 0.0576. The minimum Gasteiger partial charge on any atom is -0.455 e. The number of piperidine rings is 1. The van der Waals surface area contributed by atoms with Gasteiger partial charge in [-0.15, -0.1) is 12.4 Å². The highest BCUT2D eigenvalue weighted by molar-refractivity contribution is 7.89. The van der Waals surface area contributed by atoms with Gasteiger partial charge in [-0.2, -0.15) is 4.31 Å². The van der Waals surface area contributed by atoms with E-state index in [9.17, 15) is 13.2 Å². The molecule has 9 heteroatoms. The SMILES string of the molecule is Cc1oc(C(=O)N2CCC3(CCNC3)CC2)cc1S(=O)(=O)N1CCCC1.Cl. The van der Waals surface area contributed by atoms with Crippen LogP contribution in [0, 0.1) is 12.3 Å². The highest BCUT2D eigenvalue weighted by Crippen LogP contribution is 2.37. The number of hydrogen-bond acceptors (Lipinski definition) is 5. The molecule has 1 aromatic rings. The molecule has 3 fully saturated rings. The molecule has 27 heavy (non-hydrogen) atoms. The fraction of sp³-hybridized carbons (Fsp3) is 0.722. The van der Waals surface area contributed by atoms with Crippen LogP contribution < -0.4 is 5.32 Å². The minimum absolute atomic E-state index is 0. The highest BCUT2D eigenvalue weighted by atomic mass is 35.5. The largest absolute Gasteiger partial charge is 0.455 e. The van der Waals surface area contributed by atoms with Gasteiger partial charge in [0.1, 0.15) is 10.7 Å². The zero-order valence-corrected chi connectivity index (χ0v) is 17.3. The Morgan fingerprint density at radius 2 is 1.81 bits per heavy atom. The zero-order chi connectivity index (χ0) is 18.4. The molecular weight excluding hydrogens is 390 g/mol. The Labute approximate surface area is 166 Å². The maximum absolute atomic E-state index is 12.8. The number of halogens is 1.